The molecule has 0 atom stereocenters. The Bertz CT molecular complexity index is 1120. The third-order valence-corrected chi connectivity index (χ3v) is 5.75. The smallest absolute Gasteiger partial charge is 0.253 e. The number of nitrogens with two attached hydrogens (primary N) is 1. The average molecular weight is 420 g/mol. The van der Waals surface area contributed by atoms with Crippen molar-refractivity contribution in [1.29, 1.82) is 0 Å². The summed E-state index contributed by atoms with van der Waals surface area (Å²) in [6.45, 7) is 4.61. The van der Waals surface area contributed by atoms with Crippen molar-refractivity contribution in [3.63, 3.8) is 0 Å². The van der Waals surface area contributed by atoms with E-state index in [1.807, 2.05) is 44.2 Å². The summed E-state index contributed by atoms with van der Waals surface area (Å²) in [6, 6.07) is 16.1. The van der Waals surface area contributed by atoms with Crippen molar-refractivity contribution in [2.45, 2.75) is 38.5 Å². The first-order valence-corrected chi connectivity index (χ1v) is 10.3. The number of aliphatic imine (C=N–C) groups is 1. The van der Waals surface area contributed by atoms with E-state index in [0.29, 0.717) is 24.2 Å². The predicted octanol–water partition coefficient (Wildman–Crippen LogP) is 4.77. The molecule has 31 heavy (non-hydrogen) atoms. The van der Waals surface area contributed by atoms with Crippen molar-refractivity contribution < 1.29 is 13.7 Å². The topological polar surface area (TPSA) is 84.7 Å². The zero-order valence-corrected chi connectivity index (χ0v) is 17.6. The van der Waals surface area contributed by atoms with Crippen LogP contribution in [0.1, 0.15) is 44.4 Å². The van der Waals surface area contributed by atoms with E-state index in [0.717, 1.165) is 24.0 Å². The first-order valence-electron chi connectivity index (χ1n) is 10.3. The molecule has 6 nitrogen and oxygen atoms in total. The third-order valence-electron chi connectivity index (χ3n) is 5.75. The summed E-state index contributed by atoms with van der Waals surface area (Å²) in [7, 11) is 0. The number of nitrogens with zero attached hydrogens (tertiary/aromatic N) is 3. The minimum atomic E-state index is -0.471. The molecule has 1 fully saturated rings. The van der Waals surface area contributed by atoms with E-state index in [1.54, 1.807) is 18.2 Å². The summed E-state index contributed by atoms with van der Waals surface area (Å²) < 4.78 is 19.4. The van der Waals surface area contributed by atoms with Crippen molar-refractivity contribution >= 4 is 17.8 Å². The Hall–Kier alpha value is -3.48. The molecule has 3 aromatic rings. The van der Waals surface area contributed by atoms with Crippen molar-refractivity contribution in [2.75, 3.05) is 6.54 Å². The number of aromatic nitrogens is 1. The van der Waals surface area contributed by atoms with Gasteiger partial charge in [-0.15, -0.1) is 0 Å². The molecule has 160 valence electrons. The van der Waals surface area contributed by atoms with Crippen LogP contribution in [-0.4, -0.2) is 28.5 Å². The maximum atomic E-state index is 14.1. The lowest BCUT2D eigenvalue weighted by Crippen LogP contribution is -2.44. The molecule has 1 aliphatic rings. The molecule has 1 amide bonds. The number of likely N-dealkylation sites (tertiary alicyclic amines) is 1. The molecule has 2 N–H and O–H groups in total. The first-order chi connectivity index (χ1) is 14.9. The maximum absolute atomic E-state index is 14.1. The van der Waals surface area contributed by atoms with E-state index in [9.17, 15) is 9.18 Å². The maximum Gasteiger partial charge on any atom is 0.253 e. The normalized spacial score (nSPS) is 15.4. The van der Waals surface area contributed by atoms with Gasteiger partial charge in [0.1, 0.15) is 5.82 Å². The second kappa shape index (κ2) is 8.34. The largest absolute Gasteiger partial charge is 0.369 e. The van der Waals surface area contributed by atoms with Crippen LogP contribution in [-0.2, 0) is 10.2 Å². The van der Waals surface area contributed by atoms with Crippen LogP contribution in [0.3, 0.4) is 0 Å². The van der Waals surface area contributed by atoms with Crippen LogP contribution in [0.25, 0.3) is 11.1 Å². The lowest BCUT2D eigenvalue weighted by molar-refractivity contribution is -0.129. The van der Waals surface area contributed by atoms with E-state index in [4.69, 9.17) is 10.3 Å². The Morgan fingerprint density at radius 3 is 2.61 bits per heavy atom. The molecule has 4 rings (SSSR count). The first kappa shape index (κ1) is 20.8. The second-order valence-electron chi connectivity index (χ2n) is 8.21. The number of carbonyl (C=O) groups is 1. The Morgan fingerprint density at radius 1 is 1.16 bits per heavy atom. The number of amides is 1. The number of carbonyl (C=O) groups excluding carboxylic acids is 1. The molecule has 0 aliphatic carbocycles. The van der Waals surface area contributed by atoms with Crippen LogP contribution in [0.4, 0.5) is 10.3 Å². The molecular weight excluding hydrogens is 395 g/mol. The van der Waals surface area contributed by atoms with Gasteiger partial charge in [-0.3, -0.25) is 9.69 Å². The van der Waals surface area contributed by atoms with Gasteiger partial charge in [0.2, 0.25) is 11.9 Å². The highest BCUT2D eigenvalue weighted by Crippen LogP contribution is 2.34. The minimum absolute atomic E-state index is 0.0255. The fourth-order valence-electron chi connectivity index (χ4n) is 3.74. The van der Waals surface area contributed by atoms with Gasteiger partial charge in [0, 0.05) is 30.0 Å². The molecule has 1 saturated heterocycles. The van der Waals surface area contributed by atoms with Crippen molar-refractivity contribution in [3.8, 4) is 11.1 Å². The molecule has 1 aliphatic heterocycles. The molecule has 1 aromatic heterocycles. The summed E-state index contributed by atoms with van der Waals surface area (Å²) >= 11 is 0. The van der Waals surface area contributed by atoms with E-state index in [1.165, 1.54) is 11.0 Å². The monoisotopic (exact) mass is 420 g/mol. The Balaban J connectivity index is 1.55. The Labute approximate surface area is 180 Å². The third kappa shape index (κ3) is 4.21. The van der Waals surface area contributed by atoms with Crippen LogP contribution in [0.5, 0.6) is 0 Å². The molecule has 0 spiro atoms. The van der Waals surface area contributed by atoms with Crippen LogP contribution < -0.4 is 5.73 Å². The molecule has 2 aromatic carbocycles. The fourth-order valence-corrected chi connectivity index (χ4v) is 3.74. The molecule has 0 saturated carbocycles. The van der Waals surface area contributed by atoms with Crippen LogP contribution in [0.15, 0.2) is 64.1 Å². The molecule has 2 heterocycles. The van der Waals surface area contributed by atoms with Gasteiger partial charge in [0.05, 0.1) is 5.69 Å². The molecule has 0 bridgehead atoms. The summed E-state index contributed by atoms with van der Waals surface area (Å²) in [5, 5.41) is 4.18. The van der Waals surface area contributed by atoms with E-state index >= 15 is 0 Å². The van der Waals surface area contributed by atoms with Crippen LogP contribution in [0.2, 0.25) is 0 Å². The number of halogens is 1. The summed E-state index contributed by atoms with van der Waals surface area (Å²) in [4.78, 5) is 17.8. The lowest BCUT2D eigenvalue weighted by Gasteiger charge is -2.25. The summed E-state index contributed by atoms with van der Waals surface area (Å²) in [5.41, 5.74) is 8.60. The highest BCUT2D eigenvalue weighted by atomic mass is 19.1. The molecule has 0 radical (unpaired) electrons. The van der Waals surface area contributed by atoms with Gasteiger partial charge >= 0.3 is 0 Å². The average Bonchev–Trinajstić information content (AvgIpc) is 3.24. The number of guanidine groups is 1. The quantitative estimate of drug-likeness (QED) is 0.487. The molecule has 7 heteroatoms. The van der Waals surface area contributed by atoms with Gasteiger partial charge < -0.3 is 10.3 Å². The predicted molar refractivity (Wildman–Crippen MR) is 117 cm³/mol. The van der Waals surface area contributed by atoms with E-state index in [2.05, 4.69) is 10.1 Å². The Morgan fingerprint density at radius 2 is 1.90 bits per heavy atom. The van der Waals surface area contributed by atoms with E-state index in [-0.39, 0.29) is 23.6 Å². The van der Waals surface area contributed by atoms with Crippen molar-refractivity contribution in [1.82, 2.24) is 10.1 Å². The molecular formula is C24H25FN4O2. The van der Waals surface area contributed by atoms with E-state index < -0.39 is 5.41 Å². The standard InChI is InChI=1S/C24H25FN4O2/c1-24(2,17-12-10-16(11-13-17)18-7-3-4-8-19(18)25)20-15-21(31-28-20)27-23(26)29-14-6-5-9-22(29)30/h3-4,7-8,10-13,15H,5-6,9,14H2,1-2H3,(H2,26,27). The van der Waals surface area contributed by atoms with Gasteiger partial charge in [-0.25, -0.2) is 4.39 Å². The zero-order valence-electron chi connectivity index (χ0n) is 17.6. The van der Waals surface area contributed by atoms with Crippen LogP contribution in [0, 0.1) is 5.82 Å². The highest BCUT2D eigenvalue weighted by molar-refractivity contribution is 5.97. The van der Waals surface area contributed by atoms with Crippen LogP contribution >= 0.6 is 0 Å². The number of rotatable bonds is 4. The highest BCUT2D eigenvalue weighted by Gasteiger charge is 2.28. The van der Waals surface area contributed by atoms with Gasteiger partial charge in [-0.05, 0) is 30.0 Å². The number of benzene rings is 2. The summed E-state index contributed by atoms with van der Waals surface area (Å²) in [5.74, 6) is 0.0992. The number of hydrogen-bond acceptors (Lipinski definition) is 4. The minimum Gasteiger partial charge on any atom is -0.369 e. The second-order valence-corrected chi connectivity index (χ2v) is 8.21. The lowest BCUT2D eigenvalue weighted by atomic mass is 9.81. The van der Waals surface area contributed by atoms with Gasteiger partial charge in [0.15, 0.2) is 0 Å². The van der Waals surface area contributed by atoms with Gasteiger partial charge in [0.25, 0.3) is 5.88 Å². The number of hydrogen-bond donors (Lipinski definition) is 1. The van der Waals surface area contributed by atoms with Gasteiger partial charge in [-0.2, -0.15) is 4.99 Å². The number of piperidine rings is 1. The zero-order chi connectivity index (χ0) is 22.0. The summed E-state index contributed by atoms with van der Waals surface area (Å²) in [6.07, 6.45) is 2.26. The van der Waals surface area contributed by atoms with Crippen molar-refractivity contribution in [3.05, 3.63) is 71.7 Å². The van der Waals surface area contributed by atoms with Gasteiger partial charge in [-0.1, -0.05) is 61.5 Å². The fraction of sp³-hybridized carbons (Fsp3) is 0.292. The molecule has 0 unspecified atom stereocenters. The Kier molecular flexibility index (Phi) is 5.59. The SMILES string of the molecule is CC(C)(c1ccc(-c2ccccc2F)cc1)c1cc(/N=C(\N)N2CCCCC2=O)on1. The van der Waals surface area contributed by atoms with Crippen molar-refractivity contribution in [2.24, 2.45) is 10.7 Å².